The van der Waals surface area contributed by atoms with E-state index in [4.69, 9.17) is 4.74 Å². The molecule has 11 nitrogen and oxygen atoms in total. The molecule has 4 rings (SSSR count). The van der Waals surface area contributed by atoms with E-state index in [1.807, 2.05) is 0 Å². The molecule has 4 aromatic carbocycles. The maximum absolute atomic E-state index is 11.9. The summed E-state index contributed by atoms with van der Waals surface area (Å²) in [6.07, 6.45) is 1.45. The van der Waals surface area contributed by atoms with Crippen molar-refractivity contribution in [3.8, 4) is 11.5 Å². The molecule has 0 amide bonds. The minimum absolute atomic E-state index is 0.00681. The zero-order valence-electron chi connectivity index (χ0n) is 20.1. The predicted octanol–water partition coefficient (Wildman–Crippen LogP) is 7.98. The van der Waals surface area contributed by atoms with Gasteiger partial charge in [-0.2, -0.15) is 0 Å². The van der Waals surface area contributed by atoms with Crippen LogP contribution in [0.5, 0.6) is 11.5 Å². The summed E-state index contributed by atoms with van der Waals surface area (Å²) >= 11 is 6.65. The molecule has 0 atom stereocenters. The number of para-hydroxylation sites is 2. The fourth-order valence-corrected chi connectivity index (χ4v) is 4.83. The lowest BCUT2D eigenvalue weighted by Crippen LogP contribution is -2.03. The Morgan fingerprint density at radius 1 is 0.872 bits per heavy atom. The van der Waals surface area contributed by atoms with Crippen LogP contribution in [0.1, 0.15) is 5.56 Å². The quantitative estimate of drug-likeness (QED) is 0.0931. The maximum atomic E-state index is 11.9. The Kier molecular flexibility index (Phi) is 8.42. The van der Waals surface area contributed by atoms with Gasteiger partial charge in [0.25, 0.3) is 11.4 Å². The Labute approximate surface area is 238 Å². The van der Waals surface area contributed by atoms with Gasteiger partial charge in [-0.25, -0.2) is 0 Å². The molecule has 0 radical (unpaired) electrons. The van der Waals surface area contributed by atoms with Crippen molar-refractivity contribution >= 4 is 77.9 Å². The van der Waals surface area contributed by atoms with Crippen LogP contribution in [0.15, 0.2) is 86.7 Å². The van der Waals surface area contributed by atoms with E-state index in [1.165, 1.54) is 19.4 Å². The number of nitrogens with zero attached hydrogens (tertiary/aromatic N) is 3. The van der Waals surface area contributed by atoms with Crippen LogP contribution in [0.3, 0.4) is 0 Å². The van der Waals surface area contributed by atoms with Crippen LogP contribution in [-0.4, -0.2) is 28.3 Å². The summed E-state index contributed by atoms with van der Waals surface area (Å²) in [6, 6.07) is 19.0. The topological polar surface area (TPSA) is 152 Å². The first kappa shape index (κ1) is 27.5. The molecule has 39 heavy (non-hydrogen) atoms. The van der Waals surface area contributed by atoms with Gasteiger partial charge in [0.1, 0.15) is 22.9 Å². The van der Waals surface area contributed by atoms with Crippen molar-refractivity contribution in [3.05, 3.63) is 108 Å². The Morgan fingerprint density at radius 2 is 1.51 bits per heavy atom. The minimum Gasteiger partial charge on any atom is -0.506 e. The summed E-state index contributed by atoms with van der Waals surface area (Å²) in [5.41, 5.74) is 0.849. The molecule has 0 unspecified atom stereocenters. The zero-order chi connectivity index (χ0) is 28.1. The van der Waals surface area contributed by atoms with E-state index >= 15 is 0 Å². The van der Waals surface area contributed by atoms with Crippen LogP contribution in [0, 0.1) is 20.2 Å². The fraction of sp³-hybridized carbons (Fsp3) is 0.0385. The average molecular weight is 657 g/mol. The smallest absolute Gasteiger partial charge is 0.299 e. The van der Waals surface area contributed by atoms with Crippen LogP contribution < -0.4 is 15.4 Å². The van der Waals surface area contributed by atoms with Crippen molar-refractivity contribution in [2.24, 2.45) is 4.99 Å². The third-order valence-electron chi connectivity index (χ3n) is 5.45. The lowest BCUT2D eigenvalue weighted by atomic mass is 10.1. The highest BCUT2D eigenvalue weighted by molar-refractivity contribution is 9.11. The third kappa shape index (κ3) is 6.51. The van der Waals surface area contributed by atoms with Gasteiger partial charge in [-0.15, -0.1) is 0 Å². The van der Waals surface area contributed by atoms with E-state index in [9.17, 15) is 25.3 Å². The first-order valence-electron chi connectivity index (χ1n) is 11.1. The average Bonchev–Trinajstić information content (AvgIpc) is 2.90. The van der Waals surface area contributed by atoms with E-state index in [2.05, 4.69) is 47.5 Å². The molecule has 0 aliphatic carbocycles. The molecule has 0 saturated carbocycles. The summed E-state index contributed by atoms with van der Waals surface area (Å²) < 4.78 is 6.33. The summed E-state index contributed by atoms with van der Waals surface area (Å²) in [4.78, 5) is 26.7. The van der Waals surface area contributed by atoms with Crippen molar-refractivity contribution in [1.29, 1.82) is 0 Å². The number of anilines is 4. The van der Waals surface area contributed by atoms with Gasteiger partial charge in [0, 0.05) is 21.9 Å². The number of phenolic OH excluding ortho intramolecular Hbond substituents is 1. The van der Waals surface area contributed by atoms with E-state index < -0.39 is 21.2 Å². The fourth-order valence-electron chi connectivity index (χ4n) is 3.57. The van der Waals surface area contributed by atoms with Crippen molar-refractivity contribution in [3.63, 3.8) is 0 Å². The van der Waals surface area contributed by atoms with Crippen LogP contribution in [0.25, 0.3) is 0 Å². The normalized spacial score (nSPS) is 10.8. The number of rotatable bonds is 9. The number of nitro benzene ring substituents is 2. The first-order valence-corrected chi connectivity index (χ1v) is 12.7. The van der Waals surface area contributed by atoms with Crippen molar-refractivity contribution in [1.82, 2.24) is 0 Å². The molecule has 3 N–H and O–H groups in total. The van der Waals surface area contributed by atoms with Gasteiger partial charge in [-0.05, 0) is 70.5 Å². The minimum atomic E-state index is -0.699. The number of hydrogen-bond donors (Lipinski definition) is 3. The number of hydrogen-bond acceptors (Lipinski definition) is 9. The number of methoxy groups -OCH3 is 1. The first-order chi connectivity index (χ1) is 18.7. The lowest BCUT2D eigenvalue weighted by Gasteiger charge is -2.13. The Balaban J connectivity index is 1.74. The molecule has 0 spiro atoms. The van der Waals surface area contributed by atoms with Crippen molar-refractivity contribution in [2.75, 3.05) is 17.7 Å². The highest BCUT2D eigenvalue weighted by Crippen LogP contribution is 2.40. The maximum Gasteiger partial charge on any atom is 0.299 e. The third-order valence-corrected chi connectivity index (χ3v) is 6.51. The monoisotopic (exact) mass is 655 g/mol. The molecule has 4 aromatic rings. The van der Waals surface area contributed by atoms with Gasteiger partial charge in [-0.3, -0.25) is 25.2 Å². The van der Waals surface area contributed by atoms with Gasteiger partial charge in [0.05, 0.1) is 38.9 Å². The summed E-state index contributed by atoms with van der Waals surface area (Å²) in [7, 11) is 1.52. The largest absolute Gasteiger partial charge is 0.506 e. The number of aromatic hydroxyl groups is 1. The zero-order valence-corrected chi connectivity index (χ0v) is 23.3. The number of benzene rings is 4. The molecule has 0 saturated heterocycles. The van der Waals surface area contributed by atoms with Gasteiger partial charge < -0.3 is 20.5 Å². The molecule has 13 heteroatoms. The lowest BCUT2D eigenvalue weighted by molar-refractivity contribution is -0.393. The molecule has 198 valence electrons. The standard InChI is InChI=1S/C26H19Br2N5O6/c1-39-18-8-6-17(7-9-18)30-22-12-23(25(33(37)38)13-24(22)32(35)36)31-21-5-3-2-4-20(21)29-14-15-10-16(27)11-19(28)26(15)34/h2-14,30-31,34H,1H3. The van der Waals surface area contributed by atoms with Gasteiger partial charge >= 0.3 is 0 Å². The number of aliphatic imine (C=N–C) groups is 1. The van der Waals surface area contributed by atoms with Gasteiger partial charge in [0.15, 0.2) is 0 Å². The highest BCUT2D eigenvalue weighted by atomic mass is 79.9. The molecular formula is C26H19Br2N5O6. The number of ether oxygens (including phenoxy) is 1. The van der Waals surface area contributed by atoms with E-state index in [0.717, 1.165) is 10.5 Å². The van der Waals surface area contributed by atoms with Crippen LogP contribution in [0.4, 0.5) is 39.8 Å². The molecule has 0 bridgehead atoms. The second-order valence-electron chi connectivity index (χ2n) is 7.98. The molecule has 0 aliphatic heterocycles. The van der Waals surface area contributed by atoms with E-state index in [0.29, 0.717) is 32.8 Å². The Bertz CT molecular complexity index is 1600. The van der Waals surface area contributed by atoms with Gasteiger partial charge in [0.2, 0.25) is 0 Å². The van der Waals surface area contributed by atoms with Gasteiger partial charge in [-0.1, -0.05) is 28.1 Å². The summed E-state index contributed by atoms with van der Waals surface area (Å²) in [5, 5.41) is 39.9. The second kappa shape index (κ2) is 11.9. The van der Waals surface area contributed by atoms with Crippen LogP contribution >= 0.6 is 31.9 Å². The van der Waals surface area contributed by atoms with E-state index in [1.54, 1.807) is 60.7 Å². The summed E-state index contributed by atoms with van der Waals surface area (Å²) in [6.45, 7) is 0. The molecule has 0 aliphatic rings. The molecule has 0 heterocycles. The summed E-state index contributed by atoms with van der Waals surface area (Å²) in [5.74, 6) is 0.592. The molecular weight excluding hydrogens is 638 g/mol. The SMILES string of the molecule is COc1ccc(Nc2cc(Nc3ccccc3N=Cc3cc(Br)cc(Br)c3O)c([N+](=O)[O-])cc2[N+](=O)[O-])cc1. The van der Waals surface area contributed by atoms with E-state index in [-0.39, 0.29) is 17.1 Å². The molecule has 0 aromatic heterocycles. The van der Waals surface area contributed by atoms with Crippen molar-refractivity contribution in [2.45, 2.75) is 0 Å². The predicted molar refractivity (Wildman–Crippen MR) is 157 cm³/mol. The molecule has 0 fully saturated rings. The van der Waals surface area contributed by atoms with Crippen molar-refractivity contribution < 1.29 is 19.7 Å². The Morgan fingerprint density at radius 3 is 2.15 bits per heavy atom. The Hall–Kier alpha value is -4.49. The second-order valence-corrected chi connectivity index (χ2v) is 9.75. The van der Waals surface area contributed by atoms with Crippen LogP contribution in [-0.2, 0) is 0 Å². The van der Waals surface area contributed by atoms with Crippen LogP contribution in [0.2, 0.25) is 0 Å². The number of phenols is 1. The number of halogens is 2. The number of nitro groups is 2. The highest BCUT2D eigenvalue weighted by Gasteiger charge is 2.25. The number of nitrogens with one attached hydrogen (secondary N) is 2.